The number of hydrogen-bond donors (Lipinski definition) is 2. The average molecular weight is 412 g/mol. The molecule has 2 aromatic rings. The normalized spacial score (nSPS) is 11.4. The van der Waals surface area contributed by atoms with Gasteiger partial charge in [0, 0.05) is 13.1 Å². The molecule has 2 N–H and O–H groups in total. The summed E-state index contributed by atoms with van der Waals surface area (Å²) in [6, 6.07) is 8.35. The maximum absolute atomic E-state index is 12.8. The van der Waals surface area contributed by atoms with Crippen LogP contribution in [0.15, 0.2) is 45.9 Å². The van der Waals surface area contributed by atoms with Crippen LogP contribution >= 0.6 is 12.2 Å². The zero-order valence-corrected chi connectivity index (χ0v) is 17.3. The molecule has 0 amide bonds. The van der Waals surface area contributed by atoms with E-state index in [0.717, 1.165) is 5.76 Å². The van der Waals surface area contributed by atoms with Gasteiger partial charge in [-0.15, -0.1) is 0 Å². The molecule has 1 heterocycles. The van der Waals surface area contributed by atoms with Crippen LogP contribution in [0.1, 0.15) is 26.5 Å². The standard InChI is InChI=1S/C18H25N3O4S2/c1-4-21(5-2)27(22,23)15-9-10-17(24-6-3)16(12-15)20-18(26)19-13-14-8-7-11-25-14/h7-12H,4-6,13H2,1-3H3,(H2,19,20,26). The lowest BCUT2D eigenvalue weighted by Crippen LogP contribution is -2.31. The van der Waals surface area contributed by atoms with Gasteiger partial charge in [-0.05, 0) is 49.5 Å². The van der Waals surface area contributed by atoms with E-state index in [1.165, 1.54) is 4.31 Å². The van der Waals surface area contributed by atoms with E-state index in [4.69, 9.17) is 21.4 Å². The van der Waals surface area contributed by atoms with Crippen molar-refractivity contribution < 1.29 is 17.6 Å². The van der Waals surface area contributed by atoms with Crippen LogP contribution in [0.3, 0.4) is 0 Å². The minimum atomic E-state index is -3.58. The fourth-order valence-electron chi connectivity index (χ4n) is 2.51. The number of nitrogens with one attached hydrogen (secondary N) is 2. The van der Waals surface area contributed by atoms with Crippen molar-refractivity contribution in [1.29, 1.82) is 0 Å². The fraction of sp³-hybridized carbons (Fsp3) is 0.389. The second kappa shape index (κ2) is 9.72. The predicted molar refractivity (Wildman–Crippen MR) is 109 cm³/mol. The van der Waals surface area contributed by atoms with Crippen LogP contribution in [0.4, 0.5) is 5.69 Å². The Morgan fingerprint density at radius 2 is 1.96 bits per heavy atom. The van der Waals surface area contributed by atoms with Crippen LogP contribution in [-0.4, -0.2) is 37.5 Å². The van der Waals surface area contributed by atoms with E-state index < -0.39 is 10.0 Å². The van der Waals surface area contributed by atoms with Crippen molar-refractivity contribution in [1.82, 2.24) is 9.62 Å². The summed E-state index contributed by atoms with van der Waals surface area (Å²) in [5.41, 5.74) is 0.488. The highest BCUT2D eigenvalue weighted by Crippen LogP contribution is 2.29. The summed E-state index contributed by atoms with van der Waals surface area (Å²) in [6.45, 7) is 7.14. The minimum absolute atomic E-state index is 0.186. The molecular weight excluding hydrogens is 386 g/mol. The first-order chi connectivity index (χ1) is 12.9. The van der Waals surface area contributed by atoms with Crippen molar-refractivity contribution in [2.45, 2.75) is 32.2 Å². The largest absolute Gasteiger partial charge is 0.492 e. The molecule has 2 rings (SSSR count). The first kappa shape index (κ1) is 21.2. The van der Waals surface area contributed by atoms with Gasteiger partial charge in [0.15, 0.2) is 5.11 Å². The molecule has 0 aliphatic rings. The van der Waals surface area contributed by atoms with E-state index in [9.17, 15) is 8.42 Å². The van der Waals surface area contributed by atoms with Gasteiger partial charge in [-0.2, -0.15) is 4.31 Å². The number of furan rings is 1. The summed E-state index contributed by atoms with van der Waals surface area (Å²) in [7, 11) is -3.58. The minimum Gasteiger partial charge on any atom is -0.492 e. The molecule has 1 aromatic heterocycles. The summed E-state index contributed by atoms with van der Waals surface area (Å²) < 4.78 is 37.8. The highest BCUT2D eigenvalue weighted by atomic mass is 32.2. The molecule has 0 aliphatic carbocycles. The van der Waals surface area contributed by atoms with E-state index in [1.807, 2.05) is 26.8 Å². The Bertz CT molecular complexity index is 847. The number of benzene rings is 1. The second-order valence-corrected chi connectivity index (χ2v) is 7.91. The van der Waals surface area contributed by atoms with Crippen molar-refractivity contribution >= 4 is 33.0 Å². The van der Waals surface area contributed by atoms with Crippen LogP contribution < -0.4 is 15.4 Å². The molecule has 0 unspecified atom stereocenters. The number of sulfonamides is 1. The molecule has 0 atom stereocenters. The van der Waals surface area contributed by atoms with Gasteiger partial charge in [0.05, 0.1) is 30.0 Å². The van der Waals surface area contributed by atoms with E-state index >= 15 is 0 Å². The van der Waals surface area contributed by atoms with Gasteiger partial charge in [0.25, 0.3) is 0 Å². The van der Waals surface area contributed by atoms with E-state index in [1.54, 1.807) is 30.5 Å². The highest BCUT2D eigenvalue weighted by molar-refractivity contribution is 7.89. The second-order valence-electron chi connectivity index (χ2n) is 5.57. The maximum Gasteiger partial charge on any atom is 0.243 e. The Morgan fingerprint density at radius 3 is 2.56 bits per heavy atom. The third-order valence-corrected chi connectivity index (χ3v) is 6.14. The molecule has 1 aromatic carbocycles. The number of thiocarbonyl (C=S) groups is 1. The molecule has 7 nitrogen and oxygen atoms in total. The molecule has 0 saturated carbocycles. The average Bonchev–Trinajstić information content (AvgIpc) is 3.16. The lowest BCUT2D eigenvalue weighted by atomic mass is 10.3. The van der Waals surface area contributed by atoms with Gasteiger partial charge in [-0.1, -0.05) is 13.8 Å². The predicted octanol–water partition coefficient (Wildman–Crippen LogP) is 3.20. The third-order valence-electron chi connectivity index (χ3n) is 3.85. The Balaban J connectivity index is 2.23. The molecule has 148 valence electrons. The van der Waals surface area contributed by atoms with Crippen LogP contribution in [0, 0.1) is 0 Å². The first-order valence-corrected chi connectivity index (χ1v) is 10.6. The van der Waals surface area contributed by atoms with Gasteiger partial charge in [0.1, 0.15) is 11.5 Å². The first-order valence-electron chi connectivity index (χ1n) is 8.76. The van der Waals surface area contributed by atoms with Gasteiger partial charge in [0.2, 0.25) is 10.0 Å². The fourth-order valence-corrected chi connectivity index (χ4v) is 4.18. The van der Waals surface area contributed by atoms with Crippen LogP contribution in [0.5, 0.6) is 5.75 Å². The van der Waals surface area contributed by atoms with Crippen LogP contribution in [0.2, 0.25) is 0 Å². The van der Waals surface area contributed by atoms with E-state index in [0.29, 0.717) is 42.8 Å². The van der Waals surface area contributed by atoms with Crippen LogP contribution in [0.25, 0.3) is 0 Å². The molecule has 0 fully saturated rings. The van der Waals surface area contributed by atoms with Crippen molar-refractivity contribution in [2.24, 2.45) is 0 Å². The summed E-state index contributed by atoms with van der Waals surface area (Å²) in [6.07, 6.45) is 1.59. The Hall–Kier alpha value is -2.10. The SMILES string of the molecule is CCOc1ccc(S(=O)(=O)N(CC)CC)cc1NC(=S)NCc1ccco1. The Kier molecular flexibility index (Phi) is 7.64. The van der Waals surface area contributed by atoms with E-state index in [-0.39, 0.29) is 4.90 Å². The summed E-state index contributed by atoms with van der Waals surface area (Å²) >= 11 is 5.31. The molecule has 0 radical (unpaired) electrons. The Labute approximate surface area is 165 Å². The summed E-state index contributed by atoms with van der Waals surface area (Å²) in [4.78, 5) is 0.186. The van der Waals surface area contributed by atoms with Crippen LogP contribution in [-0.2, 0) is 16.6 Å². The van der Waals surface area contributed by atoms with Gasteiger partial charge < -0.3 is 19.8 Å². The van der Waals surface area contributed by atoms with Crippen molar-refractivity contribution in [3.8, 4) is 5.75 Å². The lowest BCUT2D eigenvalue weighted by molar-refractivity contribution is 0.341. The van der Waals surface area contributed by atoms with Crippen molar-refractivity contribution in [3.05, 3.63) is 42.4 Å². The molecular formula is C18H25N3O4S2. The molecule has 0 spiro atoms. The number of rotatable bonds is 9. The number of nitrogens with zero attached hydrogens (tertiary/aromatic N) is 1. The highest BCUT2D eigenvalue weighted by Gasteiger charge is 2.23. The Morgan fingerprint density at radius 1 is 1.22 bits per heavy atom. The van der Waals surface area contributed by atoms with Gasteiger partial charge >= 0.3 is 0 Å². The molecule has 0 saturated heterocycles. The van der Waals surface area contributed by atoms with Crippen molar-refractivity contribution in [3.63, 3.8) is 0 Å². The number of ether oxygens (including phenoxy) is 1. The molecule has 27 heavy (non-hydrogen) atoms. The van der Waals surface area contributed by atoms with E-state index in [2.05, 4.69) is 10.6 Å². The van der Waals surface area contributed by atoms with Gasteiger partial charge in [-0.25, -0.2) is 8.42 Å². The quantitative estimate of drug-likeness (QED) is 0.613. The third kappa shape index (κ3) is 5.44. The maximum atomic E-state index is 12.8. The zero-order chi connectivity index (χ0) is 19.9. The molecule has 9 heteroatoms. The zero-order valence-electron chi connectivity index (χ0n) is 15.7. The molecule has 0 aliphatic heterocycles. The number of anilines is 1. The van der Waals surface area contributed by atoms with Gasteiger partial charge in [-0.3, -0.25) is 0 Å². The topological polar surface area (TPSA) is 83.8 Å². The summed E-state index contributed by atoms with van der Waals surface area (Å²) in [5, 5.41) is 6.37. The molecule has 0 bridgehead atoms. The monoisotopic (exact) mass is 411 g/mol. The number of hydrogen-bond acceptors (Lipinski definition) is 5. The van der Waals surface area contributed by atoms with Crippen molar-refractivity contribution in [2.75, 3.05) is 25.0 Å². The lowest BCUT2D eigenvalue weighted by Gasteiger charge is -2.20. The summed E-state index contributed by atoms with van der Waals surface area (Å²) in [5.74, 6) is 1.26. The smallest absolute Gasteiger partial charge is 0.243 e.